The Kier molecular flexibility index (Phi) is 3.37. The van der Waals surface area contributed by atoms with Crippen LogP contribution in [0.15, 0.2) is 18.3 Å². The minimum absolute atomic E-state index is 0.131. The number of aliphatic hydroxyl groups is 1. The van der Waals surface area contributed by atoms with Crippen LogP contribution in [0.2, 0.25) is 0 Å². The summed E-state index contributed by atoms with van der Waals surface area (Å²) in [5, 5.41) is 13.2. The molecular formula is C14H21N3O. The molecule has 2 N–H and O–H groups in total. The SMILES string of the molecule is OC1CCN(c2ncccc2NC2CCC2)CC1. The van der Waals surface area contributed by atoms with Crippen LogP contribution < -0.4 is 10.2 Å². The average Bonchev–Trinajstić information content (AvgIpc) is 2.35. The maximum atomic E-state index is 9.57. The highest BCUT2D eigenvalue weighted by atomic mass is 16.3. The van der Waals surface area contributed by atoms with Crippen molar-refractivity contribution in [2.24, 2.45) is 0 Å². The van der Waals surface area contributed by atoms with Crippen molar-refractivity contribution in [3.05, 3.63) is 18.3 Å². The molecule has 0 amide bonds. The number of pyridine rings is 1. The Morgan fingerprint density at radius 1 is 1.22 bits per heavy atom. The van der Waals surface area contributed by atoms with Crippen LogP contribution in [0.5, 0.6) is 0 Å². The number of aromatic nitrogens is 1. The van der Waals surface area contributed by atoms with Gasteiger partial charge in [-0.25, -0.2) is 4.98 Å². The zero-order chi connectivity index (χ0) is 12.4. The number of piperidine rings is 1. The Bertz CT molecular complexity index is 398. The highest BCUT2D eigenvalue weighted by molar-refractivity contribution is 5.66. The topological polar surface area (TPSA) is 48.4 Å². The van der Waals surface area contributed by atoms with E-state index in [1.54, 1.807) is 0 Å². The van der Waals surface area contributed by atoms with Gasteiger partial charge in [-0.1, -0.05) is 0 Å². The summed E-state index contributed by atoms with van der Waals surface area (Å²) in [7, 11) is 0. The summed E-state index contributed by atoms with van der Waals surface area (Å²) in [6.45, 7) is 1.80. The van der Waals surface area contributed by atoms with E-state index in [9.17, 15) is 5.11 Å². The molecule has 1 aromatic rings. The summed E-state index contributed by atoms with van der Waals surface area (Å²) in [6, 6.07) is 4.73. The van der Waals surface area contributed by atoms with Crippen LogP contribution in [0.3, 0.4) is 0 Å². The largest absolute Gasteiger partial charge is 0.393 e. The standard InChI is InChI=1S/C14H21N3O/c18-12-6-9-17(10-7-12)14-13(5-2-8-15-14)16-11-3-1-4-11/h2,5,8,11-12,16,18H,1,3-4,6-7,9-10H2. The highest BCUT2D eigenvalue weighted by Crippen LogP contribution is 2.30. The Hall–Kier alpha value is -1.29. The van der Waals surface area contributed by atoms with Crippen molar-refractivity contribution >= 4 is 11.5 Å². The molecule has 4 heteroatoms. The molecule has 0 spiro atoms. The van der Waals surface area contributed by atoms with Gasteiger partial charge in [-0.05, 0) is 44.2 Å². The molecule has 1 aromatic heterocycles. The summed E-state index contributed by atoms with van der Waals surface area (Å²) < 4.78 is 0. The molecule has 3 rings (SSSR count). The third kappa shape index (κ3) is 2.43. The molecule has 2 aliphatic rings. The van der Waals surface area contributed by atoms with Crippen molar-refractivity contribution in [1.29, 1.82) is 0 Å². The lowest BCUT2D eigenvalue weighted by atomic mass is 9.93. The normalized spacial score (nSPS) is 21.7. The number of aliphatic hydroxyl groups excluding tert-OH is 1. The fourth-order valence-electron chi connectivity index (χ4n) is 2.61. The summed E-state index contributed by atoms with van der Waals surface area (Å²) in [6.07, 6.45) is 7.29. The average molecular weight is 247 g/mol. The van der Waals surface area contributed by atoms with Crippen molar-refractivity contribution in [2.45, 2.75) is 44.2 Å². The van der Waals surface area contributed by atoms with E-state index in [2.05, 4.69) is 21.3 Å². The number of anilines is 2. The predicted molar refractivity (Wildman–Crippen MR) is 73.0 cm³/mol. The quantitative estimate of drug-likeness (QED) is 0.858. The second kappa shape index (κ2) is 5.14. The first-order valence-electron chi connectivity index (χ1n) is 6.97. The van der Waals surface area contributed by atoms with Crippen molar-refractivity contribution in [3.8, 4) is 0 Å². The summed E-state index contributed by atoms with van der Waals surface area (Å²) in [5.74, 6) is 1.05. The first-order valence-corrected chi connectivity index (χ1v) is 6.97. The fraction of sp³-hybridized carbons (Fsp3) is 0.643. The zero-order valence-electron chi connectivity index (χ0n) is 10.7. The van der Waals surface area contributed by atoms with Gasteiger partial charge in [0, 0.05) is 25.3 Å². The fourth-order valence-corrected chi connectivity index (χ4v) is 2.61. The molecule has 2 fully saturated rings. The Balaban J connectivity index is 1.73. The third-order valence-corrected chi connectivity index (χ3v) is 4.02. The van der Waals surface area contributed by atoms with Gasteiger partial charge >= 0.3 is 0 Å². The lowest BCUT2D eigenvalue weighted by Crippen LogP contribution is -2.37. The monoisotopic (exact) mass is 247 g/mol. The molecule has 1 saturated carbocycles. The summed E-state index contributed by atoms with van der Waals surface area (Å²) in [5.41, 5.74) is 1.15. The summed E-state index contributed by atoms with van der Waals surface area (Å²) in [4.78, 5) is 6.81. The van der Waals surface area contributed by atoms with Gasteiger partial charge in [-0.3, -0.25) is 0 Å². The van der Waals surface area contributed by atoms with Crippen LogP contribution in [0, 0.1) is 0 Å². The molecule has 4 nitrogen and oxygen atoms in total. The van der Waals surface area contributed by atoms with E-state index in [-0.39, 0.29) is 6.10 Å². The maximum Gasteiger partial charge on any atom is 0.151 e. The zero-order valence-corrected chi connectivity index (χ0v) is 10.7. The molecule has 0 bridgehead atoms. The molecule has 0 radical (unpaired) electrons. The van der Waals surface area contributed by atoms with Gasteiger partial charge in [0.2, 0.25) is 0 Å². The highest BCUT2D eigenvalue weighted by Gasteiger charge is 2.23. The van der Waals surface area contributed by atoms with E-state index in [4.69, 9.17) is 0 Å². The van der Waals surface area contributed by atoms with E-state index in [1.165, 1.54) is 19.3 Å². The smallest absolute Gasteiger partial charge is 0.151 e. The molecule has 18 heavy (non-hydrogen) atoms. The van der Waals surface area contributed by atoms with Crippen molar-refractivity contribution in [1.82, 2.24) is 4.98 Å². The lowest BCUT2D eigenvalue weighted by molar-refractivity contribution is 0.145. The minimum Gasteiger partial charge on any atom is -0.393 e. The Labute approximate surface area is 108 Å². The van der Waals surface area contributed by atoms with E-state index >= 15 is 0 Å². The van der Waals surface area contributed by atoms with Gasteiger partial charge < -0.3 is 15.3 Å². The van der Waals surface area contributed by atoms with Gasteiger partial charge in [-0.15, -0.1) is 0 Å². The Morgan fingerprint density at radius 2 is 2.00 bits per heavy atom. The molecule has 0 aromatic carbocycles. The number of nitrogens with zero attached hydrogens (tertiary/aromatic N) is 2. The lowest BCUT2D eigenvalue weighted by Gasteiger charge is -2.34. The molecule has 98 valence electrons. The molecule has 1 saturated heterocycles. The van der Waals surface area contributed by atoms with Gasteiger partial charge in [-0.2, -0.15) is 0 Å². The molecule has 1 aliphatic heterocycles. The van der Waals surface area contributed by atoms with Crippen LogP contribution in [0.4, 0.5) is 11.5 Å². The van der Waals surface area contributed by atoms with Crippen LogP contribution in [-0.4, -0.2) is 35.3 Å². The second-order valence-corrected chi connectivity index (χ2v) is 5.36. The van der Waals surface area contributed by atoms with Crippen LogP contribution >= 0.6 is 0 Å². The van der Waals surface area contributed by atoms with E-state index in [0.717, 1.165) is 37.4 Å². The van der Waals surface area contributed by atoms with Crippen LogP contribution in [0.25, 0.3) is 0 Å². The van der Waals surface area contributed by atoms with Crippen molar-refractivity contribution in [2.75, 3.05) is 23.3 Å². The minimum atomic E-state index is -0.131. The maximum absolute atomic E-state index is 9.57. The predicted octanol–water partition coefficient (Wildman–Crippen LogP) is 2.01. The van der Waals surface area contributed by atoms with Gasteiger partial charge in [0.05, 0.1) is 11.8 Å². The number of rotatable bonds is 3. The molecule has 0 atom stereocenters. The van der Waals surface area contributed by atoms with Crippen LogP contribution in [-0.2, 0) is 0 Å². The molecule has 0 unspecified atom stereocenters. The van der Waals surface area contributed by atoms with E-state index in [0.29, 0.717) is 6.04 Å². The van der Waals surface area contributed by atoms with Gasteiger partial charge in [0.25, 0.3) is 0 Å². The third-order valence-electron chi connectivity index (χ3n) is 4.02. The van der Waals surface area contributed by atoms with Gasteiger partial charge in [0.15, 0.2) is 5.82 Å². The van der Waals surface area contributed by atoms with Crippen LogP contribution in [0.1, 0.15) is 32.1 Å². The van der Waals surface area contributed by atoms with E-state index in [1.807, 2.05) is 12.3 Å². The number of hydrogen-bond donors (Lipinski definition) is 2. The summed E-state index contributed by atoms with van der Waals surface area (Å²) >= 11 is 0. The first-order chi connectivity index (χ1) is 8.83. The van der Waals surface area contributed by atoms with Crippen molar-refractivity contribution in [3.63, 3.8) is 0 Å². The second-order valence-electron chi connectivity index (χ2n) is 5.36. The van der Waals surface area contributed by atoms with E-state index < -0.39 is 0 Å². The number of hydrogen-bond acceptors (Lipinski definition) is 4. The first kappa shape index (κ1) is 11.8. The van der Waals surface area contributed by atoms with Gasteiger partial charge in [0.1, 0.15) is 0 Å². The number of nitrogens with one attached hydrogen (secondary N) is 1. The molecular weight excluding hydrogens is 226 g/mol. The molecule has 1 aliphatic carbocycles. The molecule has 2 heterocycles. The Morgan fingerprint density at radius 3 is 2.67 bits per heavy atom. The van der Waals surface area contributed by atoms with Crippen molar-refractivity contribution < 1.29 is 5.11 Å².